The minimum Gasteiger partial charge on any atom is -0.383 e. The molecule has 1 fully saturated rings. The summed E-state index contributed by atoms with van der Waals surface area (Å²) >= 11 is 0. The Morgan fingerprint density at radius 1 is 1.53 bits per heavy atom. The Kier molecular flexibility index (Phi) is 2.95. The number of H-pyrrole nitrogens is 1. The van der Waals surface area contributed by atoms with Crippen LogP contribution in [0, 0.1) is 11.8 Å². The third-order valence-electron chi connectivity index (χ3n) is 3.40. The van der Waals surface area contributed by atoms with Crippen molar-refractivity contribution >= 4 is 11.5 Å². The van der Waals surface area contributed by atoms with Gasteiger partial charge in [-0.1, -0.05) is 6.92 Å². The van der Waals surface area contributed by atoms with Crippen LogP contribution in [0.1, 0.15) is 19.8 Å². The van der Waals surface area contributed by atoms with Gasteiger partial charge < -0.3 is 11.1 Å². The number of nitrogen functional groups attached to an aromatic ring is 1. The molecule has 1 aliphatic carbocycles. The van der Waals surface area contributed by atoms with Crippen molar-refractivity contribution in [3.05, 3.63) is 20.8 Å². The van der Waals surface area contributed by atoms with Crippen molar-refractivity contribution in [3.63, 3.8) is 0 Å². The molecule has 1 unspecified atom stereocenters. The first-order valence-electron chi connectivity index (χ1n) is 5.83. The highest BCUT2D eigenvalue weighted by Crippen LogP contribution is 2.36. The van der Waals surface area contributed by atoms with E-state index in [2.05, 4.69) is 17.2 Å². The maximum absolute atomic E-state index is 11.6. The normalized spacial score (nSPS) is 16.8. The minimum atomic E-state index is -0.492. The van der Waals surface area contributed by atoms with Gasteiger partial charge in [0.25, 0.3) is 5.56 Å². The van der Waals surface area contributed by atoms with Crippen LogP contribution in [0.2, 0.25) is 0 Å². The second-order valence-corrected chi connectivity index (χ2v) is 4.77. The molecular formula is C11H18N4O2. The number of aromatic nitrogens is 2. The van der Waals surface area contributed by atoms with Crippen LogP contribution in [0.3, 0.4) is 0 Å². The van der Waals surface area contributed by atoms with E-state index in [9.17, 15) is 9.59 Å². The van der Waals surface area contributed by atoms with E-state index in [0.29, 0.717) is 18.2 Å². The largest absolute Gasteiger partial charge is 0.383 e. The highest BCUT2D eigenvalue weighted by atomic mass is 16.2. The molecule has 0 radical (unpaired) electrons. The van der Waals surface area contributed by atoms with Crippen LogP contribution < -0.4 is 22.3 Å². The molecule has 0 amide bonds. The fourth-order valence-electron chi connectivity index (χ4n) is 1.90. The van der Waals surface area contributed by atoms with Gasteiger partial charge in [-0.3, -0.25) is 14.3 Å². The minimum absolute atomic E-state index is 0.182. The van der Waals surface area contributed by atoms with Crippen LogP contribution in [-0.2, 0) is 7.05 Å². The van der Waals surface area contributed by atoms with Crippen molar-refractivity contribution in [3.8, 4) is 0 Å². The van der Waals surface area contributed by atoms with Crippen molar-refractivity contribution in [2.75, 3.05) is 17.6 Å². The summed E-state index contributed by atoms with van der Waals surface area (Å²) in [6, 6.07) is 0. The lowest BCUT2D eigenvalue weighted by atomic mass is 10.1. The smallest absolute Gasteiger partial charge is 0.329 e. The van der Waals surface area contributed by atoms with Crippen LogP contribution in [0.25, 0.3) is 0 Å². The van der Waals surface area contributed by atoms with Crippen molar-refractivity contribution in [1.29, 1.82) is 0 Å². The van der Waals surface area contributed by atoms with Crippen LogP contribution in [0.15, 0.2) is 9.59 Å². The Morgan fingerprint density at radius 3 is 2.76 bits per heavy atom. The van der Waals surface area contributed by atoms with Crippen LogP contribution in [0.5, 0.6) is 0 Å². The summed E-state index contributed by atoms with van der Waals surface area (Å²) < 4.78 is 1.23. The summed E-state index contributed by atoms with van der Waals surface area (Å²) in [7, 11) is 1.53. The molecule has 1 aromatic rings. The number of hydrogen-bond acceptors (Lipinski definition) is 4. The number of aromatic amines is 1. The average Bonchev–Trinajstić information content (AvgIpc) is 3.09. The van der Waals surface area contributed by atoms with Crippen LogP contribution >= 0.6 is 0 Å². The molecule has 94 valence electrons. The van der Waals surface area contributed by atoms with E-state index in [4.69, 9.17) is 5.73 Å². The molecule has 17 heavy (non-hydrogen) atoms. The van der Waals surface area contributed by atoms with Gasteiger partial charge in [-0.15, -0.1) is 0 Å². The molecule has 0 spiro atoms. The Hall–Kier alpha value is -1.72. The zero-order valence-corrected chi connectivity index (χ0v) is 10.1. The lowest BCUT2D eigenvalue weighted by molar-refractivity contribution is 0.536. The van der Waals surface area contributed by atoms with E-state index in [-0.39, 0.29) is 5.82 Å². The lowest BCUT2D eigenvalue weighted by Crippen LogP contribution is -2.33. The highest BCUT2D eigenvalue weighted by Gasteiger charge is 2.27. The first-order valence-corrected chi connectivity index (χ1v) is 5.83. The predicted molar refractivity (Wildman–Crippen MR) is 67.1 cm³/mol. The first kappa shape index (κ1) is 11.8. The summed E-state index contributed by atoms with van der Waals surface area (Å²) in [5.74, 6) is 1.46. The Balaban J connectivity index is 2.17. The number of anilines is 2. The Morgan fingerprint density at radius 2 is 2.18 bits per heavy atom. The summed E-state index contributed by atoms with van der Waals surface area (Å²) in [4.78, 5) is 25.1. The van der Waals surface area contributed by atoms with E-state index >= 15 is 0 Å². The third kappa shape index (κ3) is 2.35. The molecule has 0 saturated heterocycles. The predicted octanol–water partition coefficient (Wildman–Crippen LogP) is 0.114. The number of rotatable bonds is 4. The van der Waals surface area contributed by atoms with Crippen LogP contribution in [0.4, 0.5) is 11.5 Å². The maximum Gasteiger partial charge on any atom is 0.329 e. The molecule has 1 aliphatic rings. The fourth-order valence-corrected chi connectivity index (χ4v) is 1.90. The molecule has 1 heterocycles. The van der Waals surface area contributed by atoms with Gasteiger partial charge in [0.1, 0.15) is 11.5 Å². The van der Waals surface area contributed by atoms with E-state index in [1.54, 1.807) is 0 Å². The molecule has 0 bridgehead atoms. The monoisotopic (exact) mass is 238 g/mol. The molecule has 1 aromatic heterocycles. The Bertz CT molecular complexity index is 527. The lowest BCUT2D eigenvalue weighted by Gasteiger charge is -2.14. The second kappa shape index (κ2) is 4.27. The Labute approximate surface area is 98.8 Å². The molecule has 0 aliphatic heterocycles. The standard InChI is InChI=1S/C11H18N4O2/c1-6(7-3-4-7)5-13-8-9(12)15(2)11(17)14-10(8)16/h6-7,13H,3-5,12H2,1-2H3,(H,14,16,17). The average molecular weight is 238 g/mol. The van der Waals surface area contributed by atoms with Gasteiger partial charge in [0.2, 0.25) is 0 Å². The van der Waals surface area contributed by atoms with E-state index in [1.165, 1.54) is 24.5 Å². The summed E-state index contributed by atoms with van der Waals surface area (Å²) in [6.07, 6.45) is 2.53. The fraction of sp³-hybridized carbons (Fsp3) is 0.636. The molecule has 1 saturated carbocycles. The van der Waals surface area contributed by atoms with Crippen molar-refractivity contribution in [2.24, 2.45) is 18.9 Å². The molecule has 1 atom stereocenters. The van der Waals surface area contributed by atoms with Gasteiger partial charge in [0.15, 0.2) is 0 Å². The molecule has 0 aromatic carbocycles. The SMILES string of the molecule is CC(CNc1c(N)n(C)c(=O)[nH]c1=O)C1CC1. The quantitative estimate of drug-likeness (QED) is 0.694. The maximum atomic E-state index is 11.6. The molecule has 2 rings (SSSR count). The number of nitrogens with two attached hydrogens (primary N) is 1. The van der Waals surface area contributed by atoms with Gasteiger partial charge in [0.05, 0.1) is 0 Å². The molecule has 4 N–H and O–H groups in total. The summed E-state index contributed by atoms with van der Waals surface area (Å²) in [5, 5.41) is 3.04. The van der Waals surface area contributed by atoms with Crippen LogP contribution in [-0.4, -0.2) is 16.1 Å². The second-order valence-electron chi connectivity index (χ2n) is 4.77. The van der Waals surface area contributed by atoms with Crippen molar-refractivity contribution in [1.82, 2.24) is 9.55 Å². The first-order chi connectivity index (χ1) is 8.00. The molecule has 6 heteroatoms. The van der Waals surface area contributed by atoms with Gasteiger partial charge in [-0.2, -0.15) is 0 Å². The summed E-state index contributed by atoms with van der Waals surface area (Å²) in [5.41, 5.74) is 5.09. The van der Waals surface area contributed by atoms with Gasteiger partial charge in [0, 0.05) is 13.6 Å². The highest BCUT2D eigenvalue weighted by molar-refractivity contribution is 5.60. The van der Waals surface area contributed by atoms with Gasteiger partial charge in [-0.25, -0.2) is 4.79 Å². The zero-order chi connectivity index (χ0) is 12.6. The molecular weight excluding hydrogens is 220 g/mol. The number of nitrogens with one attached hydrogen (secondary N) is 2. The van der Waals surface area contributed by atoms with Gasteiger partial charge >= 0.3 is 5.69 Å². The number of nitrogens with zero attached hydrogens (tertiary/aromatic N) is 1. The van der Waals surface area contributed by atoms with Gasteiger partial charge in [-0.05, 0) is 24.7 Å². The van der Waals surface area contributed by atoms with E-state index in [0.717, 1.165) is 5.92 Å². The van der Waals surface area contributed by atoms with Crippen molar-refractivity contribution < 1.29 is 0 Å². The van der Waals surface area contributed by atoms with E-state index < -0.39 is 11.2 Å². The number of hydrogen-bond donors (Lipinski definition) is 3. The summed E-state index contributed by atoms with van der Waals surface area (Å²) in [6.45, 7) is 2.85. The third-order valence-corrected chi connectivity index (χ3v) is 3.40. The zero-order valence-electron chi connectivity index (χ0n) is 10.1. The molecule has 6 nitrogen and oxygen atoms in total. The van der Waals surface area contributed by atoms with E-state index in [1.807, 2.05) is 0 Å². The topological polar surface area (TPSA) is 92.9 Å². The van der Waals surface area contributed by atoms with Crippen molar-refractivity contribution in [2.45, 2.75) is 19.8 Å².